The van der Waals surface area contributed by atoms with Crippen LogP contribution in [-0.4, -0.2) is 41.6 Å². The van der Waals surface area contributed by atoms with Gasteiger partial charge in [-0.3, -0.25) is 0 Å². The number of aromatic amines is 1. The molecule has 1 aromatic heterocycles. The van der Waals surface area contributed by atoms with E-state index in [2.05, 4.69) is 54.7 Å². The number of nitrogens with zero attached hydrogens (tertiary/aromatic N) is 2. The quantitative estimate of drug-likeness (QED) is 0.427. The number of aromatic nitrogens is 1. The minimum absolute atomic E-state index is 0. The average molecular weight is 442 g/mol. The van der Waals surface area contributed by atoms with Crippen LogP contribution in [0.3, 0.4) is 0 Å². The van der Waals surface area contributed by atoms with Crippen LogP contribution in [0.15, 0.2) is 17.1 Å². The van der Waals surface area contributed by atoms with Crippen molar-refractivity contribution in [3.63, 3.8) is 0 Å². The van der Waals surface area contributed by atoms with Gasteiger partial charge in [0.15, 0.2) is 5.96 Å². The summed E-state index contributed by atoms with van der Waals surface area (Å²) in [4.78, 5) is 10.2. The fourth-order valence-corrected chi connectivity index (χ4v) is 3.21. The third-order valence-electron chi connectivity index (χ3n) is 4.62. The summed E-state index contributed by atoms with van der Waals surface area (Å²) in [5, 5.41) is 1.28. The molecule has 1 fully saturated rings. The van der Waals surface area contributed by atoms with Crippen molar-refractivity contribution in [2.24, 2.45) is 10.7 Å². The molecule has 1 saturated heterocycles. The summed E-state index contributed by atoms with van der Waals surface area (Å²) < 4.78 is 5.55. The number of H-pyrrole nitrogens is 1. The third kappa shape index (κ3) is 3.85. The summed E-state index contributed by atoms with van der Waals surface area (Å²) in [6.07, 6.45) is 0.205. The van der Waals surface area contributed by atoms with E-state index in [1.54, 1.807) is 0 Å². The minimum Gasteiger partial charge on any atom is -0.375 e. The normalized spacial score (nSPS) is 18.8. The maximum Gasteiger partial charge on any atom is 0.191 e. The number of halogens is 1. The monoisotopic (exact) mass is 442 g/mol. The Kier molecular flexibility index (Phi) is 6.14. The van der Waals surface area contributed by atoms with Gasteiger partial charge in [0.05, 0.1) is 24.8 Å². The molecular weight excluding hydrogens is 415 g/mol. The van der Waals surface area contributed by atoms with Crippen molar-refractivity contribution < 1.29 is 4.74 Å². The van der Waals surface area contributed by atoms with E-state index in [9.17, 15) is 0 Å². The van der Waals surface area contributed by atoms with Gasteiger partial charge in [0, 0.05) is 24.2 Å². The summed E-state index contributed by atoms with van der Waals surface area (Å²) in [5.74, 6) is 0.606. The van der Waals surface area contributed by atoms with Crippen LogP contribution in [0.4, 0.5) is 0 Å². The van der Waals surface area contributed by atoms with Crippen LogP contribution in [0.1, 0.15) is 29.3 Å². The maximum absolute atomic E-state index is 6.19. The molecule has 2 aromatic rings. The van der Waals surface area contributed by atoms with Crippen molar-refractivity contribution in [2.45, 2.75) is 40.3 Å². The number of morpholine rings is 1. The molecule has 1 aliphatic heterocycles. The molecule has 0 amide bonds. The molecule has 0 spiro atoms. The largest absolute Gasteiger partial charge is 0.375 e. The predicted octanol–water partition coefficient (Wildman–Crippen LogP) is 3.25. The van der Waals surface area contributed by atoms with Gasteiger partial charge in [-0.2, -0.15) is 0 Å². The summed E-state index contributed by atoms with van der Waals surface area (Å²) in [5.41, 5.74) is 12.3. The van der Waals surface area contributed by atoms with Gasteiger partial charge < -0.3 is 20.4 Å². The molecular formula is C18H27IN4O. The van der Waals surface area contributed by atoms with E-state index in [0.717, 1.165) is 13.1 Å². The number of hydrogen-bond donors (Lipinski definition) is 2. The molecule has 0 bridgehead atoms. The number of guanidine groups is 1. The predicted molar refractivity (Wildman–Crippen MR) is 110 cm³/mol. The number of nitrogens with one attached hydrogen (secondary N) is 1. The van der Waals surface area contributed by atoms with Crippen molar-refractivity contribution in [3.8, 4) is 0 Å². The standard InChI is InChI=1S/C18H26N4O.HI/c1-11-7-15(17-16(8-11)13(3)14(4)21-17)9-20-18(19)22-5-6-23-12(2)10-22;/h7-8,12,21H,5-6,9-10H2,1-4H3,(H2,19,20);1H. The van der Waals surface area contributed by atoms with Gasteiger partial charge >= 0.3 is 0 Å². The van der Waals surface area contributed by atoms with E-state index < -0.39 is 0 Å². The fourth-order valence-electron chi connectivity index (χ4n) is 3.21. The van der Waals surface area contributed by atoms with Crippen molar-refractivity contribution in [2.75, 3.05) is 19.7 Å². The molecule has 0 saturated carbocycles. The first-order valence-electron chi connectivity index (χ1n) is 8.20. The van der Waals surface area contributed by atoms with Crippen molar-refractivity contribution in [1.82, 2.24) is 9.88 Å². The van der Waals surface area contributed by atoms with Gasteiger partial charge in [-0.15, -0.1) is 24.0 Å². The number of aryl methyl sites for hydroxylation is 3. The number of nitrogens with two attached hydrogens (primary N) is 1. The Bertz CT molecular complexity index is 753. The lowest BCUT2D eigenvalue weighted by atomic mass is 10.0. The fraction of sp³-hybridized carbons (Fsp3) is 0.500. The molecule has 132 valence electrons. The smallest absolute Gasteiger partial charge is 0.191 e. The van der Waals surface area contributed by atoms with Crippen LogP contribution in [0.5, 0.6) is 0 Å². The second-order valence-electron chi connectivity index (χ2n) is 6.52. The summed E-state index contributed by atoms with van der Waals surface area (Å²) in [6, 6.07) is 4.42. The Hall–Kier alpha value is -1.28. The Morgan fingerprint density at radius 3 is 2.83 bits per heavy atom. The Labute approximate surface area is 160 Å². The second kappa shape index (κ2) is 7.74. The lowest BCUT2D eigenvalue weighted by Crippen LogP contribution is -2.47. The van der Waals surface area contributed by atoms with E-state index >= 15 is 0 Å². The van der Waals surface area contributed by atoms with E-state index in [0.29, 0.717) is 19.1 Å². The average Bonchev–Trinajstić information content (AvgIpc) is 2.80. The number of fused-ring (bicyclic) bond motifs is 1. The Morgan fingerprint density at radius 2 is 2.12 bits per heavy atom. The number of aliphatic imine (C=N–C) groups is 1. The SMILES string of the molecule is Cc1cc(CN=C(N)N2CCOC(C)C2)c2[nH]c(C)c(C)c2c1.I. The molecule has 5 nitrogen and oxygen atoms in total. The number of hydrogen-bond acceptors (Lipinski definition) is 2. The van der Waals surface area contributed by atoms with Crippen LogP contribution in [-0.2, 0) is 11.3 Å². The first-order chi connectivity index (χ1) is 11.0. The van der Waals surface area contributed by atoms with E-state index in [1.807, 2.05) is 0 Å². The van der Waals surface area contributed by atoms with Crippen LogP contribution < -0.4 is 5.73 Å². The molecule has 3 N–H and O–H groups in total. The third-order valence-corrected chi connectivity index (χ3v) is 4.62. The van der Waals surface area contributed by atoms with Crippen molar-refractivity contribution in [1.29, 1.82) is 0 Å². The van der Waals surface area contributed by atoms with Gasteiger partial charge in [0.2, 0.25) is 0 Å². The highest BCUT2D eigenvalue weighted by molar-refractivity contribution is 14.0. The first kappa shape index (κ1) is 19.1. The molecule has 1 unspecified atom stereocenters. The van der Waals surface area contributed by atoms with Crippen molar-refractivity contribution in [3.05, 3.63) is 34.5 Å². The summed E-state index contributed by atoms with van der Waals surface area (Å²) >= 11 is 0. The van der Waals surface area contributed by atoms with Gasteiger partial charge in [0.1, 0.15) is 0 Å². The van der Waals surface area contributed by atoms with Gasteiger partial charge in [-0.05, 0) is 44.9 Å². The molecule has 6 heteroatoms. The van der Waals surface area contributed by atoms with Crippen molar-refractivity contribution >= 4 is 40.8 Å². The molecule has 2 heterocycles. The number of ether oxygens (including phenoxy) is 1. The summed E-state index contributed by atoms with van der Waals surface area (Å²) in [6.45, 7) is 11.4. The van der Waals surface area contributed by atoms with E-state index in [-0.39, 0.29) is 30.1 Å². The Balaban J connectivity index is 0.00000208. The zero-order valence-electron chi connectivity index (χ0n) is 14.8. The summed E-state index contributed by atoms with van der Waals surface area (Å²) in [7, 11) is 0. The lowest BCUT2D eigenvalue weighted by molar-refractivity contribution is 0.00529. The molecule has 1 aliphatic rings. The van der Waals surface area contributed by atoms with E-state index in [1.165, 1.54) is 33.3 Å². The number of benzene rings is 1. The molecule has 1 atom stereocenters. The zero-order chi connectivity index (χ0) is 16.6. The Morgan fingerprint density at radius 1 is 1.38 bits per heavy atom. The van der Waals surface area contributed by atoms with Gasteiger partial charge in [-0.1, -0.05) is 11.6 Å². The van der Waals surface area contributed by atoms with Crippen LogP contribution in [0.25, 0.3) is 10.9 Å². The van der Waals surface area contributed by atoms with Gasteiger partial charge in [0.25, 0.3) is 0 Å². The van der Waals surface area contributed by atoms with Gasteiger partial charge in [-0.25, -0.2) is 4.99 Å². The molecule has 3 rings (SSSR count). The highest BCUT2D eigenvalue weighted by Gasteiger charge is 2.18. The van der Waals surface area contributed by atoms with Crippen LogP contribution >= 0.6 is 24.0 Å². The van der Waals surface area contributed by atoms with E-state index in [4.69, 9.17) is 10.5 Å². The highest BCUT2D eigenvalue weighted by Crippen LogP contribution is 2.26. The lowest BCUT2D eigenvalue weighted by Gasteiger charge is -2.31. The van der Waals surface area contributed by atoms with Crippen LogP contribution in [0, 0.1) is 20.8 Å². The second-order valence-corrected chi connectivity index (χ2v) is 6.52. The molecule has 0 aliphatic carbocycles. The zero-order valence-corrected chi connectivity index (χ0v) is 17.2. The molecule has 24 heavy (non-hydrogen) atoms. The topological polar surface area (TPSA) is 66.6 Å². The number of rotatable bonds is 2. The maximum atomic E-state index is 6.19. The first-order valence-corrected chi connectivity index (χ1v) is 8.20. The van der Waals surface area contributed by atoms with Crippen LogP contribution in [0.2, 0.25) is 0 Å². The highest BCUT2D eigenvalue weighted by atomic mass is 127. The molecule has 0 radical (unpaired) electrons. The minimum atomic E-state index is 0. The molecule has 1 aromatic carbocycles.